The summed E-state index contributed by atoms with van der Waals surface area (Å²) >= 11 is 0. The van der Waals surface area contributed by atoms with Crippen molar-refractivity contribution in [3.8, 4) is 6.07 Å². The number of fused-ring (bicyclic) bond motifs is 1. The minimum Gasteiger partial charge on any atom is -0.370 e. The molecular formula is C18H18N4O. The van der Waals surface area contributed by atoms with Gasteiger partial charge in [0.25, 0.3) is 0 Å². The van der Waals surface area contributed by atoms with E-state index in [0.29, 0.717) is 24.3 Å². The molecule has 0 spiro atoms. The van der Waals surface area contributed by atoms with Crippen molar-refractivity contribution in [2.45, 2.75) is 19.3 Å². The quantitative estimate of drug-likeness (QED) is 0.862. The number of nitrogens with one attached hydrogen (secondary N) is 1. The van der Waals surface area contributed by atoms with Gasteiger partial charge in [-0.3, -0.25) is 4.79 Å². The molecule has 2 aromatic rings. The highest BCUT2D eigenvalue weighted by Crippen LogP contribution is 2.28. The number of hydrogen-bond donors (Lipinski definition) is 1. The van der Waals surface area contributed by atoms with Crippen molar-refractivity contribution < 1.29 is 4.79 Å². The monoisotopic (exact) mass is 306 g/mol. The number of rotatable bonds is 5. The van der Waals surface area contributed by atoms with Gasteiger partial charge >= 0.3 is 0 Å². The Balaban J connectivity index is 1.48. The van der Waals surface area contributed by atoms with Gasteiger partial charge in [0.2, 0.25) is 5.91 Å². The summed E-state index contributed by atoms with van der Waals surface area (Å²) in [5.41, 5.74) is 2.87. The molecule has 1 aromatic heterocycles. The molecule has 116 valence electrons. The second kappa shape index (κ2) is 6.93. The van der Waals surface area contributed by atoms with Crippen molar-refractivity contribution in [2.75, 3.05) is 23.3 Å². The second-order valence-electron chi connectivity index (χ2n) is 5.50. The number of carbonyl (C=O) groups is 1. The van der Waals surface area contributed by atoms with Crippen LogP contribution in [0.3, 0.4) is 0 Å². The Labute approximate surface area is 135 Å². The van der Waals surface area contributed by atoms with Gasteiger partial charge in [0.15, 0.2) is 0 Å². The number of nitrogens with zero attached hydrogens (tertiary/aromatic N) is 3. The zero-order valence-electron chi connectivity index (χ0n) is 12.8. The number of amides is 1. The van der Waals surface area contributed by atoms with Crippen molar-refractivity contribution in [3.63, 3.8) is 0 Å². The molecule has 0 saturated heterocycles. The molecule has 2 heterocycles. The highest BCUT2D eigenvalue weighted by Gasteiger charge is 2.23. The summed E-state index contributed by atoms with van der Waals surface area (Å²) in [6, 6.07) is 13.5. The molecule has 5 heteroatoms. The third-order valence-electron chi connectivity index (χ3n) is 3.95. The van der Waals surface area contributed by atoms with Crippen LogP contribution in [0, 0.1) is 11.3 Å². The Kier molecular flexibility index (Phi) is 4.53. The summed E-state index contributed by atoms with van der Waals surface area (Å²) in [5, 5.41) is 12.0. The lowest BCUT2D eigenvalue weighted by Gasteiger charge is -2.17. The van der Waals surface area contributed by atoms with Gasteiger partial charge in [-0.1, -0.05) is 18.2 Å². The SMILES string of the molecule is N#Cc1ccnc(NCCCC(=O)N2CCc3ccccc32)c1. The van der Waals surface area contributed by atoms with Crippen LogP contribution in [0.2, 0.25) is 0 Å². The van der Waals surface area contributed by atoms with Crippen molar-refractivity contribution in [3.05, 3.63) is 53.7 Å². The first-order valence-corrected chi connectivity index (χ1v) is 7.76. The number of aromatic nitrogens is 1. The van der Waals surface area contributed by atoms with Gasteiger partial charge in [-0.15, -0.1) is 0 Å². The topological polar surface area (TPSA) is 69.0 Å². The van der Waals surface area contributed by atoms with Crippen LogP contribution in [0.5, 0.6) is 0 Å². The molecule has 1 aliphatic rings. The molecule has 23 heavy (non-hydrogen) atoms. The Morgan fingerprint density at radius 1 is 1.35 bits per heavy atom. The van der Waals surface area contributed by atoms with Crippen LogP contribution < -0.4 is 10.2 Å². The fraction of sp³-hybridized carbons (Fsp3) is 0.278. The first kappa shape index (κ1) is 15.0. The molecule has 1 N–H and O–H groups in total. The lowest BCUT2D eigenvalue weighted by atomic mass is 10.2. The van der Waals surface area contributed by atoms with Crippen LogP contribution in [0.25, 0.3) is 0 Å². The summed E-state index contributed by atoms with van der Waals surface area (Å²) in [4.78, 5) is 18.4. The first-order chi connectivity index (χ1) is 11.3. The van der Waals surface area contributed by atoms with Gasteiger partial charge in [-0.05, 0) is 36.6 Å². The minimum atomic E-state index is 0.162. The van der Waals surface area contributed by atoms with E-state index in [4.69, 9.17) is 5.26 Å². The van der Waals surface area contributed by atoms with Crippen molar-refractivity contribution in [2.24, 2.45) is 0 Å². The van der Waals surface area contributed by atoms with Gasteiger partial charge in [0, 0.05) is 31.4 Å². The Hall–Kier alpha value is -2.87. The van der Waals surface area contributed by atoms with Gasteiger partial charge in [-0.2, -0.15) is 5.26 Å². The molecule has 0 atom stereocenters. The summed E-state index contributed by atoms with van der Waals surface area (Å²) in [6.07, 6.45) is 3.77. The van der Waals surface area contributed by atoms with E-state index in [1.54, 1.807) is 18.3 Å². The average molecular weight is 306 g/mol. The number of hydrogen-bond acceptors (Lipinski definition) is 4. The normalized spacial score (nSPS) is 12.6. The van der Waals surface area contributed by atoms with Crippen LogP contribution in [0.1, 0.15) is 24.0 Å². The molecule has 0 aliphatic carbocycles. The maximum Gasteiger partial charge on any atom is 0.227 e. The summed E-state index contributed by atoms with van der Waals surface area (Å²) in [6.45, 7) is 1.43. The highest BCUT2D eigenvalue weighted by molar-refractivity contribution is 5.95. The molecular weight excluding hydrogens is 288 g/mol. The smallest absolute Gasteiger partial charge is 0.227 e. The van der Waals surface area contributed by atoms with Crippen LogP contribution in [0.15, 0.2) is 42.6 Å². The van der Waals surface area contributed by atoms with Gasteiger partial charge in [0.05, 0.1) is 11.6 Å². The van der Waals surface area contributed by atoms with Crippen LogP contribution in [0.4, 0.5) is 11.5 Å². The molecule has 1 amide bonds. The number of nitriles is 1. The number of anilines is 2. The molecule has 0 saturated carbocycles. The summed E-state index contributed by atoms with van der Waals surface area (Å²) in [7, 11) is 0. The maximum atomic E-state index is 12.4. The number of pyridine rings is 1. The van der Waals surface area contributed by atoms with E-state index in [9.17, 15) is 4.79 Å². The predicted octanol–water partition coefficient (Wildman–Crippen LogP) is 2.73. The van der Waals surface area contributed by atoms with Crippen LogP contribution in [-0.4, -0.2) is 24.0 Å². The van der Waals surface area contributed by atoms with E-state index in [-0.39, 0.29) is 5.91 Å². The third kappa shape index (κ3) is 3.49. The Morgan fingerprint density at radius 3 is 3.09 bits per heavy atom. The maximum absolute atomic E-state index is 12.4. The summed E-state index contributed by atoms with van der Waals surface area (Å²) < 4.78 is 0. The third-order valence-corrected chi connectivity index (χ3v) is 3.95. The molecule has 1 aromatic carbocycles. The average Bonchev–Trinajstić information content (AvgIpc) is 3.03. The van der Waals surface area contributed by atoms with Crippen molar-refractivity contribution >= 4 is 17.4 Å². The molecule has 0 radical (unpaired) electrons. The molecule has 5 nitrogen and oxygen atoms in total. The fourth-order valence-electron chi connectivity index (χ4n) is 2.79. The molecule has 0 unspecified atom stereocenters. The van der Waals surface area contributed by atoms with Crippen LogP contribution in [-0.2, 0) is 11.2 Å². The highest BCUT2D eigenvalue weighted by atomic mass is 16.2. The first-order valence-electron chi connectivity index (χ1n) is 7.76. The predicted molar refractivity (Wildman–Crippen MR) is 89.2 cm³/mol. The molecule has 0 bridgehead atoms. The molecule has 0 fully saturated rings. The number of benzene rings is 1. The minimum absolute atomic E-state index is 0.162. The molecule has 1 aliphatic heterocycles. The lowest BCUT2D eigenvalue weighted by molar-refractivity contribution is -0.118. The summed E-state index contributed by atoms with van der Waals surface area (Å²) in [5.74, 6) is 0.832. The number of para-hydroxylation sites is 1. The van der Waals surface area contributed by atoms with E-state index in [0.717, 1.165) is 25.1 Å². The van der Waals surface area contributed by atoms with Gasteiger partial charge in [0.1, 0.15) is 5.82 Å². The van der Waals surface area contributed by atoms with Gasteiger partial charge < -0.3 is 10.2 Å². The Bertz CT molecular complexity index is 751. The van der Waals surface area contributed by atoms with Crippen molar-refractivity contribution in [1.29, 1.82) is 5.26 Å². The van der Waals surface area contributed by atoms with E-state index >= 15 is 0 Å². The van der Waals surface area contributed by atoms with E-state index in [1.165, 1.54) is 5.56 Å². The zero-order valence-corrected chi connectivity index (χ0v) is 12.8. The van der Waals surface area contributed by atoms with Crippen molar-refractivity contribution in [1.82, 2.24) is 4.98 Å². The second-order valence-corrected chi connectivity index (χ2v) is 5.50. The zero-order chi connectivity index (χ0) is 16.1. The number of carbonyl (C=O) groups excluding carboxylic acids is 1. The Morgan fingerprint density at radius 2 is 2.22 bits per heavy atom. The van der Waals surface area contributed by atoms with Crippen LogP contribution >= 0.6 is 0 Å². The lowest BCUT2D eigenvalue weighted by Crippen LogP contribution is -2.29. The standard InChI is InChI=1S/C18H18N4O/c19-13-14-7-10-21-17(12-14)20-9-3-6-18(23)22-11-8-15-4-1-2-5-16(15)22/h1-2,4-5,7,10,12H,3,6,8-9,11H2,(H,20,21). The van der Waals surface area contributed by atoms with Gasteiger partial charge in [-0.25, -0.2) is 4.98 Å². The largest absolute Gasteiger partial charge is 0.370 e. The van der Waals surface area contributed by atoms with E-state index in [2.05, 4.69) is 22.4 Å². The fourth-order valence-corrected chi connectivity index (χ4v) is 2.79. The van der Waals surface area contributed by atoms with E-state index in [1.807, 2.05) is 23.1 Å². The van der Waals surface area contributed by atoms with E-state index < -0.39 is 0 Å². The molecule has 3 rings (SSSR count).